The van der Waals surface area contributed by atoms with Crippen molar-refractivity contribution in [3.05, 3.63) is 15.6 Å². The number of aromatic nitrogens is 1. The van der Waals surface area contributed by atoms with Crippen LogP contribution >= 0.6 is 35.3 Å². The van der Waals surface area contributed by atoms with Crippen molar-refractivity contribution >= 4 is 51.3 Å². The van der Waals surface area contributed by atoms with Gasteiger partial charge in [0.25, 0.3) is 0 Å². The van der Waals surface area contributed by atoms with E-state index in [1.807, 2.05) is 13.8 Å². The van der Waals surface area contributed by atoms with Gasteiger partial charge in [-0.15, -0.1) is 35.3 Å². The Kier molecular flexibility index (Phi) is 10.1. The van der Waals surface area contributed by atoms with Gasteiger partial charge in [-0.2, -0.15) is 0 Å². The van der Waals surface area contributed by atoms with Crippen molar-refractivity contribution in [3.63, 3.8) is 0 Å². The summed E-state index contributed by atoms with van der Waals surface area (Å²) in [7, 11) is -1.46. The number of hydrogen-bond acceptors (Lipinski definition) is 5. The number of aryl methyl sites for hydroxylation is 2. The third-order valence-electron chi connectivity index (χ3n) is 2.76. The van der Waals surface area contributed by atoms with E-state index in [1.165, 1.54) is 4.88 Å². The zero-order valence-corrected chi connectivity index (χ0v) is 17.2. The van der Waals surface area contributed by atoms with E-state index in [0.717, 1.165) is 10.7 Å². The molecule has 0 spiro atoms. The zero-order chi connectivity index (χ0) is 15.9. The number of guanidine groups is 1. The number of nitrogens with zero attached hydrogens (tertiary/aromatic N) is 2. The Labute approximate surface area is 153 Å². The van der Waals surface area contributed by atoms with E-state index in [9.17, 15) is 8.42 Å². The topological polar surface area (TPSA) is 95.5 Å². The molecule has 0 saturated heterocycles. The van der Waals surface area contributed by atoms with Crippen molar-refractivity contribution in [1.82, 2.24) is 20.3 Å². The molecule has 0 unspecified atom stereocenters. The molecule has 10 heteroatoms. The van der Waals surface area contributed by atoms with E-state index in [2.05, 4.69) is 25.3 Å². The molecule has 1 aromatic rings. The number of nitrogens with one attached hydrogen (secondary N) is 3. The number of thiazole rings is 1. The molecular formula is C12H24IN5O2S2. The predicted molar refractivity (Wildman–Crippen MR) is 103 cm³/mol. The summed E-state index contributed by atoms with van der Waals surface area (Å²) in [5.74, 6) is 0.723. The summed E-state index contributed by atoms with van der Waals surface area (Å²) >= 11 is 1.65. The van der Waals surface area contributed by atoms with Crippen molar-refractivity contribution in [2.24, 2.45) is 4.99 Å². The Morgan fingerprint density at radius 2 is 1.95 bits per heavy atom. The van der Waals surface area contributed by atoms with Gasteiger partial charge in [0.1, 0.15) is 0 Å². The Balaban J connectivity index is 0.00000441. The molecule has 7 nitrogen and oxygen atoms in total. The summed E-state index contributed by atoms with van der Waals surface area (Å²) < 4.78 is 25.0. The molecule has 0 aliphatic carbocycles. The van der Waals surface area contributed by atoms with Gasteiger partial charge in [0.05, 0.1) is 23.0 Å². The predicted octanol–water partition coefficient (Wildman–Crippen LogP) is 0.982. The quantitative estimate of drug-likeness (QED) is 0.244. The van der Waals surface area contributed by atoms with Gasteiger partial charge < -0.3 is 10.6 Å². The van der Waals surface area contributed by atoms with E-state index < -0.39 is 10.0 Å². The molecule has 0 amide bonds. The highest BCUT2D eigenvalue weighted by atomic mass is 127. The Hall–Kier alpha value is -0.460. The highest BCUT2D eigenvalue weighted by Gasteiger charge is 2.07. The maximum absolute atomic E-state index is 11.3. The third kappa shape index (κ3) is 7.70. The zero-order valence-electron chi connectivity index (χ0n) is 13.3. The monoisotopic (exact) mass is 461 g/mol. The standard InChI is InChI=1S/C12H23N5O2S2.HI/c1-5-21(18,19)16-7-6-14-12(13-4)15-8-11-9(2)17-10(3)20-11;/h16H,5-8H2,1-4H3,(H2,13,14,15);1H. The second-order valence-corrected chi connectivity index (χ2v) is 7.78. The summed E-state index contributed by atoms with van der Waals surface area (Å²) in [6.07, 6.45) is 0. The minimum atomic E-state index is -3.14. The Morgan fingerprint density at radius 1 is 1.27 bits per heavy atom. The molecule has 0 saturated carbocycles. The van der Waals surface area contributed by atoms with E-state index in [1.54, 1.807) is 25.3 Å². The largest absolute Gasteiger partial charge is 0.355 e. The molecule has 22 heavy (non-hydrogen) atoms. The van der Waals surface area contributed by atoms with E-state index in [0.29, 0.717) is 25.6 Å². The van der Waals surface area contributed by atoms with Crippen LogP contribution in [0.3, 0.4) is 0 Å². The van der Waals surface area contributed by atoms with E-state index >= 15 is 0 Å². The molecule has 0 radical (unpaired) electrons. The smallest absolute Gasteiger partial charge is 0.211 e. The number of rotatable bonds is 7. The lowest BCUT2D eigenvalue weighted by Gasteiger charge is -2.11. The molecular weight excluding hydrogens is 437 g/mol. The molecule has 0 bridgehead atoms. The SMILES string of the molecule is CCS(=O)(=O)NCCNC(=NC)NCc1sc(C)nc1C.I. The van der Waals surface area contributed by atoms with Crippen molar-refractivity contribution in [2.75, 3.05) is 25.9 Å². The fourth-order valence-electron chi connectivity index (χ4n) is 1.61. The first-order chi connectivity index (χ1) is 9.88. The van der Waals surface area contributed by atoms with Crippen LogP contribution < -0.4 is 15.4 Å². The van der Waals surface area contributed by atoms with Gasteiger partial charge in [-0.1, -0.05) is 0 Å². The summed E-state index contributed by atoms with van der Waals surface area (Å²) in [5, 5.41) is 7.29. The van der Waals surface area contributed by atoms with Crippen LogP contribution in [0.2, 0.25) is 0 Å². The normalized spacial score (nSPS) is 11.9. The number of halogens is 1. The van der Waals surface area contributed by atoms with Gasteiger partial charge >= 0.3 is 0 Å². The van der Waals surface area contributed by atoms with Crippen LogP contribution in [0, 0.1) is 13.8 Å². The number of aliphatic imine (C=N–C) groups is 1. The molecule has 0 atom stereocenters. The minimum absolute atomic E-state index is 0. The van der Waals surface area contributed by atoms with Crippen LogP contribution in [0.4, 0.5) is 0 Å². The van der Waals surface area contributed by atoms with Gasteiger partial charge in [-0.05, 0) is 20.8 Å². The summed E-state index contributed by atoms with van der Waals surface area (Å²) in [4.78, 5) is 9.63. The minimum Gasteiger partial charge on any atom is -0.355 e. The Morgan fingerprint density at radius 3 is 2.45 bits per heavy atom. The summed E-state index contributed by atoms with van der Waals surface area (Å²) in [5.41, 5.74) is 1.02. The van der Waals surface area contributed by atoms with Gasteiger partial charge in [0.15, 0.2) is 5.96 Å². The fraction of sp³-hybridized carbons (Fsp3) is 0.667. The van der Waals surface area contributed by atoms with Crippen molar-refractivity contribution in [2.45, 2.75) is 27.3 Å². The van der Waals surface area contributed by atoms with Gasteiger partial charge in [-0.25, -0.2) is 18.1 Å². The number of hydrogen-bond donors (Lipinski definition) is 3. The third-order valence-corrected chi connectivity index (χ3v) is 5.24. The summed E-state index contributed by atoms with van der Waals surface area (Å²) in [6.45, 7) is 7.02. The van der Waals surface area contributed by atoms with Crippen molar-refractivity contribution < 1.29 is 8.42 Å². The van der Waals surface area contributed by atoms with Crippen LogP contribution in [-0.2, 0) is 16.6 Å². The molecule has 1 heterocycles. The first-order valence-electron chi connectivity index (χ1n) is 6.72. The second kappa shape index (κ2) is 10.3. The molecule has 128 valence electrons. The summed E-state index contributed by atoms with van der Waals surface area (Å²) in [6, 6.07) is 0. The van der Waals surface area contributed by atoms with Crippen LogP contribution in [0.15, 0.2) is 4.99 Å². The second-order valence-electron chi connectivity index (χ2n) is 4.39. The van der Waals surface area contributed by atoms with Crippen molar-refractivity contribution in [3.8, 4) is 0 Å². The molecule has 0 aliphatic rings. The average Bonchev–Trinajstić information content (AvgIpc) is 2.76. The first-order valence-corrected chi connectivity index (χ1v) is 9.19. The van der Waals surface area contributed by atoms with Crippen LogP contribution in [0.1, 0.15) is 22.5 Å². The maximum Gasteiger partial charge on any atom is 0.211 e. The molecule has 1 aromatic heterocycles. The van der Waals surface area contributed by atoms with Crippen LogP contribution in [0.25, 0.3) is 0 Å². The lowest BCUT2D eigenvalue weighted by Crippen LogP contribution is -2.41. The lowest BCUT2D eigenvalue weighted by molar-refractivity contribution is 0.582. The van der Waals surface area contributed by atoms with Gasteiger partial charge in [0.2, 0.25) is 10.0 Å². The maximum atomic E-state index is 11.3. The Bertz CT molecular complexity index is 586. The van der Waals surface area contributed by atoms with E-state index in [-0.39, 0.29) is 29.7 Å². The van der Waals surface area contributed by atoms with Gasteiger partial charge in [-0.3, -0.25) is 4.99 Å². The average molecular weight is 461 g/mol. The molecule has 0 aliphatic heterocycles. The van der Waals surface area contributed by atoms with E-state index in [4.69, 9.17) is 0 Å². The highest BCUT2D eigenvalue weighted by molar-refractivity contribution is 14.0. The first kappa shape index (κ1) is 21.5. The van der Waals surface area contributed by atoms with Gasteiger partial charge in [0, 0.05) is 25.0 Å². The molecule has 0 fully saturated rings. The van der Waals surface area contributed by atoms with Crippen LogP contribution in [-0.4, -0.2) is 45.3 Å². The van der Waals surface area contributed by atoms with Crippen molar-refractivity contribution in [1.29, 1.82) is 0 Å². The fourth-order valence-corrected chi connectivity index (χ4v) is 3.11. The molecule has 1 rings (SSSR count). The van der Waals surface area contributed by atoms with Crippen LogP contribution in [0.5, 0.6) is 0 Å². The number of sulfonamides is 1. The molecule has 0 aromatic carbocycles. The lowest BCUT2D eigenvalue weighted by atomic mass is 10.4. The highest BCUT2D eigenvalue weighted by Crippen LogP contribution is 2.16. The molecule has 3 N–H and O–H groups in total.